The molecule has 8 heteroatoms. The molecule has 0 aliphatic carbocycles. The van der Waals surface area contributed by atoms with Crippen LogP contribution in [0.1, 0.15) is 38.5 Å². The fourth-order valence-corrected chi connectivity index (χ4v) is 3.33. The molecule has 2 atom stereocenters. The number of rotatable bonds is 0. The molecule has 4 aliphatic heterocycles. The van der Waals surface area contributed by atoms with Crippen molar-refractivity contribution in [2.45, 2.75) is 49.7 Å². The van der Waals surface area contributed by atoms with Crippen molar-refractivity contribution in [3.05, 3.63) is 0 Å². The minimum Gasteiger partial charge on any atom is -0.543 e. The van der Waals surface area contributed by atoms with Crippen LogP contribution in [0.2, 0.25) is 0 Å². The van der Waals surface area contributed by atoms with E-state index in [2.05, 4.69) is 10.6 Å². The van der Waals surface area contributed by atoms with Gasteiger partial charge >= 0.3 is 0 Å². The van der Waals surface area contributed by atoms with Crippen LogP contribution >= 0.6 is 0 Å². The Kier molecular flexibility index (Phi) is 6.97. The zero-order chi connectivity index (χ0) is 17.5. The number of nitrogens with one attached hydrogen (secondary N) is 2. The molecule has 8 nitrogen and oxygen atoms in total. The van der Waals surface area contributed by atoms with E-state index in [-0.39, 0.29) is 11.2 Å². The topological polar surface area (TPSA) is 123 Å². The third kappa shape index (κ3) is 5.41. The van der Waals surface area contributed by atoms with E-state index in [0.29, 0.717) is 0 Å². The van der Waals surface area contributed by atoms with E-state index in [4.69, 9.17) is 29.3 Å². The van der Waals surface area contributed by atoms with E-state index < -0.39 is 11.9 Å². The molecule has 2 unspecified atom stereocenters. The number of piperidine rings is 2. The first kappa shape index (κ1) is 19.1. The molecule has 24 heavy (non-hydrogen) atoms. The van der Waals surface area contributed by atoms with Gasteiger partial charge in [0.25, 0.3) is 0 Å². The molecular formula is C16H26N2O6-2. The second kappa shape index (κ2) is 8.75. The number of carbonyl (C=O) groups excluding carboxylic acids is 2. The van der Waals surface area contributed by atoms with Crippen molar-refractivity contribution in [1.29, 1.82) is 0 Å². The lowest BCUT2D eigenvalue weighted by Crippen LogP contribution is -2.54. The average Bonchev–Trinajstić information content (AvgIpc) is 2.55. The molecule has 0 saturated carbocycles. The number of aliphatic carboxylic acids is 2. The van der Waals surface area contributed by atoms with Gasteiger partial charge in [-0.05, 0) is 38.8 Å². The second-order valence-corrected chi connectivity index (χ2v) is 6.70. The van der Waals surface area contributed by atoms with Crippen molar-refractivity contribution in [1.82, 2.24) is 10.6 Å². The number of hydrogen-bond acceptors (Lipinski definition) is 8. The maximum absolute atomic E-state index is 8.93. The Morgan fingerprint density at radius 3 is 1.25 bits per heavy atom. The molecule has 0 aromatic carbocycles. The highest BCUT2D eigenvalue weighted by molar-refractivity contribution is 6.25. The normalized spacial score (nSPS) is 33.8. The fraction of sp³-hybridized carbons (Fsp3) is 0.875. The third-order valence-electron chi connectivity index (χ3n) is 4.96. The number of carboxylic acids is 2. The summed E-state index contributed by atoms with van der Waals surface area (Å²) in [7, 11) is 0. The van der Waals surface area contributed by atoms with E-state index in [1.165, 1.54) is 51.6 Å². The zero-order valence-corrected chi connectivity index (χ0v) is 13.9. The summed E-state index contributed by atoms with van der Waals surface area (Å²) in [6.07, 6.45) is 7.69. The van der Waals surface area contributed by atoms with E-state index in [1.54, 1.807) is 0 Å². The first-order valence-corrected chi connectivity index (χ1v) is 8.59. The largest absolute Gasteiger partial charge is 0.543 e. The smallest absolute Gasteiger partial charge is 0.0870 e. The highest BCUT2D eigenvalue weighted by atomic mass is 16.5. The van der Waals surface area contributed by atoms with Gasteiger partial charge in [-0.1, -0.05) is 0 Å². The fourth-order valence-electron chi connectivity index (χ4n) is 3.33. The van der Waals surface area contributed by atoms with Gasteiger partial charge in [0.2, 0.25) is 0 Å². The summed E-state index contributed by atoms with van der Waals surface area (Å²) >= 11 is 0. The highest BCUT2D eigenvalue weighted by Gasteiger charge is 2.39. The van der Waals surface area contributed by atoms with Crippen molar-refractivity contribution in [3.8, 4) is 0 Å². The van der Waals surface area contributed by atoms with Crippen molar-refractivity contribution >= 4 is 11.9 Å². The van der Waals surface area contributed by atoms with Gasteiger partial charge in [-0.2, -0.15) is 0 Å². The summed E-state index contributed by atoms with van der Waals surface area (Å²) in [5.74, 6) is -4.37. The van der Waals surface area contributed by atoms with Gasteiger partial charge in [-0.3, -0.25) is 0 Å². The summed E-state index contributed by atoms with van der Waals surface area (Å²) in [6, 6.07) is 0. The summed E-state index contributed by atoms with van der Waals surface area (Å²) in [6.45, 7) is 6.53. The lowest BCUT2D eigenvalue weighted by atomic mass is 9.87. The molecule has 0 aromatic heterocycles. The van der Waals surface area contributed by atoms with Crippen LogP contribution in [0.5, 0.6) is 0 Å². The van der Waals surface area contributed by atoms with Gasteiger partial charge < -0.3 is 39.9 Å². The summed E-state index contributed by atoms with van der Waals surface area (Å²) in [5, 5.41) is 24.6. The van der Waals surface area contributed by atoms with Crippen molar-refractivity contribution in [2.75, 3.05) is 39.4 Å². The maximum atomic E-state index is 8.93. The summed E-state index contributed by atoms with van der Waals surface area (Å²) in [5.41, 5.74) is 0.580. The molecule has 4 saturated heterocycles. The minimum atomic E-state index is -2.19. The van der Waals surface area contributed by atoms with Gasteiger partial charge in [0.15, 0.2) is 0 Å². The maximum Gasteiger partial charge on any atom is 0.0870 e. The number of carboxylic acid groups (broad SMARTS) is 2. The van der Waals surface area contributed by atoms with Crippen LogP contribution in [0.15, 0.2) is 0 Å². The van der Waals surface area contributed by atoms with E-state index in [0.717, 1.165) is 26.3 Å². The molecule has 2 N–H and O–H groups in total. The Morgan fingerprint density at radius 1 is 0.750 bits per heavy atom. The lowest BCUT2D eigenvalue weighted by molar-refractivity contribution is -0.345. The van der Waals surface area contributed by atoms with Crippen LogP contribution in [0.25, 0.3) is 0 Å². The van der Waals surface area contributed by atoms with Crippen molar-refractivity contribution in [3.63, 3.8) is 0 Å². The van der Waals surface area contributed by atoms with Crippen LogP contribution in [0.4, 0.5) is 0 Å². The van der Waals surface area contributed by atoms with Crippen molar-refractivity contribution in [2.24, 2.45) is 0 Å². The first-order valence-electron chi connectivity index (χ1n) is 8.59. The van der Waals surface area contributed by atoms with E-state index in [9.17, 15) is 0 Å². The minimum absolute atomic E-state index is 0.290. The van der Waals surface area contributed by atoms with Crippen LogP contribution < -0.4 is 20.8 Å². The van der Waals surface area contributed by atoms with Gasteiger partial charge in [0, 0.05) is 25.9 Å². The van der Waals surface area contributed by atoms with Crippen LogP contribution in [0.3, 0.4) is 0 Å². The molecule has 138 valence electrons. The Bertz CT molecular complexity index is 378. The standard InChI is InChI=1S/2C7H13NO.C2H2O4/c2*1-2-7(3-5-9-7)6-8-4-1;3-1(4)2(5)6/h2*8H,1-6H2;(H,3,4)(H,5,6)/p-2. The quantitative estimate of drug-likeness (QED) is 0.465. The average molecular weight is 342 g/mol. The van der Waals surface area contributed by atoms with Gasteiger partial charge in [-0.25, -0.2) is 0 Å². The molecule has 4 heterocycles. The second-order valence-electron chi connectivity index (χ2n) is 6.70. The summed E-state index contributed by atoms with van der Waals surface area (Å²) < 4.78 is 11.0. The molecule has 4 aliphatic rings. The molecule has 0 aromatic rings. The monoisotopic (exact) mass is 342 g/mol. The molecule has 2 spiro atoms. The molecule has 0 amide bonds. The predicted octanol–water partition coefficient (Wildman–Crippen LogP) is -2.46. The Morgan fingerprint density at radius 2 is 1.12 bits per heavy atom. The number of hydrogen-bond donors (Lipinski definition) is 2. The highest BCUT2D eigenvalue weighted by Crippen LogP contribution is 2.32. The predicted molar refractivity (Wildman–Crippen MR) is 80.8 cm³/mol. The number of carbonyl (C=O) groups is 2. The molecular weight excluding hydrogens is 316 g/mol. The Labute approximate surface area is 141 Å². The van der Waals surface area contributed by atoms with Gasteiger partial charge in [0.05, 0.1) is 36.4 Å². The van der Waals surface area contributed by atoms with Crippen LogP contribution in [-0.4, -0.2) is 62.5 Å². The lowest BCUT2D eigenvalue weighted by Gasteiger charge is -2.44. The van der Waals surface area contributed by atoms with Gasteiger partial charge in [-0.15, -0.1) is 0 Å². The Balaban J connectivity index is 0.000000134. The van der Waals surface area contributed by atoms with Crippen molar-refractivity contribution < 1.29 is 29.3 Å². The Hall–Kier alpha value is -1.22. The number of ether oxygens (including phenoxy) is 2. The zero-order valence-electron chi connectivity index (χ0n) is 13.9. The molecule has 0 radical (unpaired) electrons. The SMILES string of the molecule is C1CNCC2(C1)CCO2.C1CNCC2(C1)CCO2.O=C([O-])C(=O)[O-]. The van der Waals surface area contributed by atoms with E-state index >= 15 is 0 Å². The van der Waals surface area contributed by atoms with Crippen LogP contribution in [-0.2, 0) is 19.1 Å². The first-order chi connectivity index (χ1) is 11.5. The third-order valence-corrected chi connectivity index (χ3v) is 4.96. The molecule has 0 bridgehead atoms. The summed E-state index contributed by atoms with van der Waals surface area (Å²) in [4.78, 5) is 17.9. The van der Waals surface area contributed by atoms with Gasteiger partial charge in [0.1, 0.15) is 0 Å². The van der Waals surface area contributed by atoms with Crippen LogP contribution in [0, 0.1) is 0 Å². The van der Waals surface area contributed by atoms with E-state index in [1.807, 2.05) is 0 Å². The molecule has 4 fully saturated rings. The molecule has 4 rings (SSSR count).